The van der Waals surface area contributed by atoms with E-state index in [1.807, 2.05) is 6.92 Å². The molecule has 0 unspecified atom stereocenters. The molecular weight excluding hydrogens is 250 g/mol. The number of aryl methyl sites for hydroxylation is 1. The molecule has 2 aromatic rings. The summed E-state index contributed by atoms with van der Waals surface area (Å²) in [7, 11) is 0. The summed E-state index contributed by atoms with van der Waals surface area (Å²) in [5, 5.41) is 4.15. The molecule has 1 aliphatic heterocycles. The molecule has 1 aromatic heterocycles. The Balaban J connectivity index is 2.23. The van der Waals surface area contributed by atoms with E-state index in [1.165, 1.54) is 6.39 Å². The van der Waals surface area contributed by atoms with Crippen LogP contribution >= 0.6 is 11.6 Å². The van der Waals surface area contributed by atoms with Gasteiger partial charge in [0.2, 0.25) is 0 Å². The molecule has 1 N–H and O–H groups in total. The molecule has 0 atom stereocenters. The van der Waals surface area contributed by atoms with E-state index < -0.39 is 0 Å². The number of hydrogen-bond donors (Lipinski definition) is 1. The number of halogens is 1. The molecule has 2 heterocycles. The normalized spacial score (nSPS) is 16.5. The standard InChI is InChI=1S/C13H16ClN3O/c1-8-10(14)9(2)12(13-11(8)16-7-18-13)17-5-3-15-4-6-17/h7,15H,3-6H2,1-2H3. The maximum atomic E-state index is 6.41. The number of rotatable bonds is 1. The van der Waals surface area contributed by atoms with Crippen LogP contribution in [0.3, 0.4) is 0 Å². The molecule has 1 fully saturated rings. The highest BCUT2D eigenvalue weighted by molar-refractivity contribution is 6.33. The highest BCUT2D eigenvalue weighted by Gasteiger charge is 2.22. The summed E-state index contributed by atoms with van der Waals surface area (Å²) in [5.74, 6) is 0. The van der Waals surface area contributed by atoms with Gasteiger partial charge >= 0.3 is 0 Å². The molecule has 0 amide bonds. The predicted molar refractivity (Wildman–Crippen MR) is 73.6 cm³/mol. The number of hydrogen-bond acceptors (Lipinski definition) is 4. The third-order valence-corrected chi connectivity index (χ3v) is 4.15. The van der Waals surface area contributed by atoms with Gasteiger partial charge in [0, 0.05) is 26.2 Å². The zero-order valence-corrected chi connectivity index (χ0v) is 11.3. The summed E-state index contributed by atoms with van der Waals surface area (Å²) >= 11 is 6.41. The van der Waals surface area contributed by atoms with E-state index in [0.717, 1.165) is 59.1 Å². The quantitative estimate of drug-likeness (QED) is 0.860. The van der Waals surface area contributed by atoms with Gasteiger partial charge in [-0.2, -0.15) is 0 Å². The molecule has 1 aromatic carbocycles. The predicted octanol–water partition coefficient (Wildman–Crippen LogP) is 2.51. The number of nitrogens with one attached hydrogen (secondary N) is 1. The smallest absolute Gasteiger partial charge is 0.182 e. The van der Waals surface area contributed by atoms with Gasteiger partial charge in [0.25, 0.3) is 0 Å². The summed E-state index contributed by atoms with van der Waals surface area (Å²) in [6, 6.07) is 0. The number of nitrogens with zero attached hydrogens (tertiary/aromatic N) is 2. The summed E-state index contributed by atoms with van der Waals surface area (Å²) in [6.45, 7) is 7.95. The SMILES string of the molecule is Cc1c(Cl)c(C)c2ncoc2c1N1CCNCC1. The van der Waals surface area contributed by atoms with E-state index in [1.54, 1.807) is 0 Å². The van der Waals surface area contributed by atoms with Gasteiger partial charge in [-0.1, -0.05) is 11.6 Å². The number of anilines is 1. The summed E-state index contributed by atoms with van der Waals surface area (Å²) < 4.78 is 5.59. The van der Waals surface area contributed by atoms with Gasteiger partial charge < -0.3 is 14.6 Å². The molecule has 1 saturated heterocycles. The van der Waals surface area contributed by atoms with Crippen molar-refractivity contribution < 1.29 is 4.42 Å². The van der Waals surface area contributed by atoms with Crippen LogP contribution < -0.4 is 10.2 Å². The summed E-state index contributed by atoms with van der Waals surface area (Å²) in [6.07, 6.45) is 1.50. The van der Waals surface area contributed by atoms with Crippen molar-refractivity contribution >= 4 is 28.4 Å². The monoisotopic (exact) mass is 265 g/mol. The lowest BCUT2D eigenvalue weighted by Gasteiger charge is -2.31. The van der Waals surface area contributed by atoms with Gasteiger partial charge in [-0.05, 0) is 25.0 Å². The molecule has 0 saturated carbocycles. The van der Waals surface area contributed by atoms with Crippen LogP contribution in [0, 0.1) is 13.8 Å². The molecule has 0 bridgehead atoms. The first-order chi connectivity index (χ1) is 8.70. The van der Waals surface area contributed by atoms with Crippen molar-refractivity contribution in [3.63, 3.8) is 0 Å². The molecule has 1 aliphatic rings. The number of oxazole rings is 1. The largest absolute Gasteiger partial charge is 0.441 e. The molecule has 0 spiro atoms. The summed E-state index contributed by atoms with van der Waals surface area (Å²) in [4.78, 5) is 6.61. The van der Waals surface area contributed by atoms with Crippen LogP contribution in [0.25, 0.3) is 11.1 Å². The van der Waals surface area contributed by atoms with Gasteiger partial charge in [0.1, 0.15) is 5.52 Å². The Hall–Kier alpha value is -1.26. The van der Waals surface area contributed by atoms with Crippen molar-refractivity contribution in [1.82, 2.24) is 10.3 Å². The number of aromatic nitrogens is 1. The highest BCUT2D eigenvalue weighted by atomic mass is 35.5. The van der Waals surface area contributed by atoms with Gasteiger partial charge in [-0.3, -0.25) is 0 Å². The minimum absolute atomic E-state index is 0.796. The van der Waals surface area contributed by atoms with E-state index in [9.17, 15) is 0 Å². The van der Waals surface area contributed by atoms with Crippen LogP contribution in [0.2, 0.25) is 5.02 Å². The number of fused-ring (bicyclic) bond motifs is 1. The van der Waals surface area contributed by atoms with Gasteiger partial charge in [0.05, 0.1) is 10.7 Å². The number of piperazine rings is 1. The first kappa shape index (κ1) is 11.8. The second-order valence-electron chi connectivity index (χ2n) is 4.68. The molecule has 0 aliphatic carbocycles. The van der Waals surface area contributed by atoms with Gasteiger partial charge in [0.15, 0.2) is 12.0 Å². The van der Waals surface area contributed by atoms with Crippen molar-refractivity contribution in [1.29, 1.82) is 0 Å². The molecule has 96 valence electrons. The fourth-order valence-corrected chi connectivity index (χ4v) is 2.79. The van der Waals surface area contributed by atoms with Crippen molar-refractivity contribution in [2.75, 3.05) is 31.1 Å². The van der Waals surface area contributed by atoms with Crippen LogP contribution in [0.1, 0.15) is 11.1 Å². The van der Waals surface area contributed by atoms with E-state index in [0.29, 0.717) is 0 Å². The second kappa shape index (κ2) is 4.44. The van der Waals surface area contributed by atoms with Crippen molar-refractivity contribution in [2.45, 2.75) is 13.8 Å². The van der Waals surface area contributed by atoms with Crippen LogP contribution in [0.4, 0.5) is 5.69 Å². The van der Waals surface area contributed by atoms with E-state index in [4.69, 9.17) is 16.0 Å². The molecular formula is C13H16ClN3O. The highest BCUT2D eigenvalue weighted by Crippen LogP contribution is 2.38. The van der Waals surface area contributed by atoms with Crippen LogP contribution in [0.15, 0.2) is 10.8 Å². The molecule has 5 heteroatoms. The molecule has 3 rings (SSSR count). The number of benzene rings is 1. The van der Waals surface area contributed by atoms with Crippen LogP contribution in [0.5, 0.6) is 0 Å². The minimum atomic E-state index is 0.796. The third kappa shape index (κ3) is 1.68. The Morgan fingerprint density at radius 1 is 1.28 bits per heavy atom. The van der Waals surface area contributed by atoms with Crippen LogP contribution in [-0.2, 0) is 0 Å². The van der Waals surface area contributed by atoms with Crippen molar-refractivity contribution in [3.05, 3.63) is 22.5 Å². The lowest BCUT2D eigenvalue weighted by atomic mass is 10.1. The lowest BCUT2D eigenvalue weighted by Crippen LogP contribution is -2.43. The Labute approximate surface area is 111 Å². The second-order valence-corrected chi connectivity index (χ2v) is 5.06. The van der Waals surface area contributed by atoms with Gasteiger partial charge in [-0.25, -0.2) is 4.98 Å². The average Bonchev–Trinajstić information content (AvgIpc) is 2.87. The third-order valence-electron chi connectivity index (χ3n) is 3.58. The molecule has 4 nitrogen and oxygen atoms in total. The van der Waals surface area contributed by atoms with E-state index in [2.05, 4.69) is 22.1 Å². The Bertz CT molecular complexity index is 587. The zero-order valence-electron chi connectivity index (χ0n) is 10.6. The van der Waals surface area contributed by atoms with Gasteiger partial charge in [-0.15, -0.1) is 0 Å². The molecule has 0 radical (unpaired) electrons. The maximum Gasteiger partial charge on any atom is 0.182 e. The summed E-state index contributed by atoms with van der Waals surface area (Å²) in [5.41, 5.74) is 4.91. The van der Waals surface area contributed by atoms with E-state index >= 15 is 0 Å². The van der Waals surface area contributed by atoms with Crippen LogP contribution in [-0.4, -0.2) is 31.2 Å². The topological polar surface area (TPSA) is 41.3 Å². The molecule has 18 heavy (non-hydrogen) atoms. The first-order valence-corrected chi connectivity index (χ1v) is 6.55. The average molecular weight is 266 g/mol. The maximum absolute atomic E-state index is 6.41. The van der Waals surface area contributed by atoms with E-state index in [-0.39, 0.29) is 0 Å². The van der Waals surface area contributed by atoms with Crippen molar-refractivity contribution in [2.24, 2.45) is 0 Å². The fraction of sp³-hybridized carbons (Fsp3) is 0.462. The first-order valence-electron chi connectivity index (χ1n) is 6.17. The minimum Gasteiger partial charge on any atom is -0.441 e. The zero-order chi connectivity index (χ0) is 12.7. The Morgan fingerprint density at radius 2 is 2.00 bits per heavy atom. The lowest BCUT2D eigenvalue weighted by molar-refractivity contribution is 0.575. The fourth-order valence-electron chi connectivity index (χ4n) is 2.61. The Morgan fingerprint density at radius 3 is 2.72 bits per heavy atom. The van der Waals surface area contributed by atoms with Crippen molar-refractivity contribution in [3.8, 4) is 0 Å². The Kier molecular flexibility index (Phi) is 2.92.